The Bertz CT molecular complexity index is 697. The molecule has 0 saturated heterocycles. The van der Waals surface area contributed by atoms with Crippen molar-refractivity contribution >= 4 is 32.7 Å². The number of sulfonamides is 1. The minimum absolute atomic E-state index is 0.106. The van der Waals surface area contributed by atoms with Gasteiger partial charge in [0.05, 0.1) is 5.69 Å². The number of anilines is 2. The molecule has 2 aromatic rings. The topological polar surface area (TPSA) is 84.2 Å². The van der Waals surface area contributed by atoms with E-state index in [0.717, 1.165) is 6.42 Å². The standard InChI is InChI=1S/C14H19N3O2S2/c1-10(7-11-5-6-20-9-11)17-13-4-3-12(15)8-14(13)21(18,19)16-2/h3-6,8-10,16-17H,7,15H2,1-2H3. The van der Waals surface area contributed by atoms with Gasteiger partial charge in [-0.15, -0.1) is 0 Å². The molecule has 0 radical (unpaired) electrons. The zero-order valence-electron chi connectivity index (χ0n) is 12.0. The van der Waals surface area contributed by atoms with Crippen molar-refractivity contribution in [3.05, 3.63) is 40.6 Å². The van der Waals surface area contributed by atoms with Crippen molar-refractivity contribution in [2.75, 3.05) is 18.1 Å². The highest BCUT2D eigenvalue weighted by Crippen LogP contribution is 2.25. The Balaban J connectivity index is 2.23. The Morgan fingerprint density at radius 1 is 1.33 bits per heavy atom. The van der Waals surface area contributed by atoms with Gasteiger partial charge in [0.25, 0.3) is 0 Å². The molecule has 1 aromatic carbocycles. The normalized spacial score (nSPS) is 13.0. The molecule has 0 bridgehead atoms. The number of hydrogen-bond donors (Lipinski definition) is 3. The molecular weight excluding hydrogens is 306 g/mol. The summed E-state index contributed by atoms with van der Waals surface area (Å²) in [6.45, 7) is 2.02. The number of benzene rings is 1. The van der Waals surface area contributed by atoms with E-state index in [1.165, 1.54) is 18.7 Å². The molecule has 1 aromatic heterocycles. The summed E-state index contributed by atoms with van der Waals surface area (Å²) in [7, 11) is -2.16. The number of rotatable bonds is 6. The molecule has 0 aliphatic carbocycles. The molecule has 0 spiro atoms. The van der Waals surface area contributed by atoms with Gasteiger partial charge in [-0.05, 0) is 61.0 Å². The molecule has 0 aliphatic heterocycles. The molecule has 7 heteroatoms. The lowest BCUT2D eigenvalue weighted by Gasteiger charge is -2.18. The molecule has 0 fully saturated rings. The van der Waals surface area contributed by atoms with Gasteiger partial charge in [-0.2, -0.15) is 11.3 Å². The second-order valence-electron chi connectivity index (χ2n) is 4.84. The molecule has 0 aliphatic rings. The van der Waals surface area contributed by atoms with E-state index >= 15 is 0 Å². The lowest BCUT2D eigenvalue weighted by molar-refractivity contribution is 0.588. The van der Waals surface area contributed by atoms with Gasteiger partial charge in [-0.3, -0.25) is 0 Å². The molecular formula is C14H19N3O2S2. The van der Waals surface area contributed by atoms with E-state index in [-0.39, 0.29) is 10.9 Å². The first-order valence-electron chi connectivity index (χ1n) is 6.53. The summed E-state index contributed by atoms with van der Waals surface area (Å²) in [6, 6.07) is 7.02. The third-order valence-corrected chi connectivity index (χ3v) is 5.27. The second-order valence-corrected chi connectivity index (χ2v) is 7.48. The van der Waals surface area contributed by atoms with Crippen LogP contribution < -0.4 is 15.8 Å². The van der Waals surface area contributed by atoms with Crippen LogP contribution >= 0.6 is 11.3 Å². The number of nitrogens with one attached hydrogen (secondary N) is 2. The molecule has 114 valence electrons. The summed E-state index contributed by atoms with van der Waals surface area (Å²) in [6.07, 6.45) is 0.826. The molecule has 1 heterocycles. The summed E-state index contributed by atoms with van der Waals surface area (Å²) >= 11 is 1.65. The number of nitrogen functional groups attached to an aromatic ring is 1. The lowest BCUT2D eigenvalue weighted by Crippen LogP contribution is -2.23. The van der Waals surface area contributed by atoms with Crippen molar-refractivity contribution in [1.82, 2.24) is 4.72 Å². The van der Waals surface area contributed by atoms with E-state index in [1.807, 2.05) is 12.3 Å². The van der Waals surface area contributed by atoms with Gasteiger partial charge in [0.15, 0.2) is 0 Å². The van der Waals surface area contributed by atoms with Crippen LogP contribution in [-0.4, -0.2) is 21.5 Å². The SMILES string of the molecule is CNS(=O)(=O)c1cc(N)ccc1NC(C)Cc1ccsc1. The van der Waals surface area contributed by atoms with Crippen LogP contribution in [0.3, 0.4) is 0 Å². The zero-order chi connectivity index (χ0) is 15.5. The van der Waals surface area contributed by atoms with Gasteiger partial charge in [0, 0.05) is 11.7 Å². The molecule has 21 heavy (non-hydrogen) atoms. The average molecular weight is 325 g/mol. The van der Waals surface area contributed by atoms with Gasteiger partial charge < -0.3 is 11.1 Å². The molecule has 4 N–H and O–H groups in total. The van der Waals surface area contributed by atoms with E-state index < -0.39 is 10.0 Å². The first-order chi connectivity index (χ1) is 9.92. The Hall–Kier alpha value is -1.57. The van der Waals surface area contributed by atoms with Crippen LogP contribution in [-0.2, 0) is 16.4 Å². The molecule has 1 unspecified atom stereocenters. The highest BCUT2D eigenvalue weighted by molar-refractivity contribution is 7.89. The van der Waals surface area contributed by atoms with Gasteiger partial charge in [0.2, 0.25) is 10.0 Å². The molecule has 5 nitrogen and oxygen atoms in total. The monoisotopic (exact) mass is 325 g/mol. The summed E-state index contributed by atoms with van der Waals surface area (Å²) in [5, 5.41) is 7.37. The number of hydrogen-bond acceptors (Lipinski definition) is 5. The van der Waals surface area contributed by atoms with Gasteiger partial charge >= 0.3 is 0 Å². The Labute approximate surface area is 129 Å². The molecule has 0 amide bonds. The predicted molar refractivity (Wildman–Crippen MR) is 88.2 cm³/mol. The van der Waals surface area contributed by atoms with Gasteiger partial charge in [0.1, 0.15) is 4.90 Å². The summed E-state index contributed by atoms with van der Waals surface area (Å²) in [5.74, 6) is 0. The Morgan fingerprint density at radius 3 is 2.71 bits per heavy atom. The second kappa shape index (κ2) is 6.46. The maximum atomic E-state index is 12.1. The minimum Gasteiger partial charge on any atom is -0.399 e. The maximum Gasteiger partial charge on any atom is 0.242 e. The molecule has 1 atom stereocenters. The first kappa shape index (κ1) is 15.8. The number of thiophene rings is 1. The highest BCUT2D eigenvalue weighted by Gasteiger charge is 2.18. The zero-order valence-corrected chi connectivity index (χ0v) is 13.6. The van der Waals surface area contributed by atoms with Crippen molar-refractivity contribution in [3.8, 4) is 0 Å². The maximum absolute atomic E-state index is 12.1. The smallest absolute Gasteiger partial charge is 0.242 e. The highest BCUT2D eigenvalue weighted by atomic mass is 32.2. The van der Waals surface area contributed by atoms with Crippen molar-refractivity contribution in [2.24, 2.45) is 0 Å². The summed E-state index contributed by atoms with van der Waals surface area (Å²) in [4.78, 5) is 0.169. The summed E-state index contributed by atoms with van der Waals surface area (Å²) in [5.41, 5.74) is 7.90. The lowest BCUT2D eigenvalue weighted by atomic mass is 10.1. The van der Waals surface area contributed by atoms with Crippen LogP contribution in [0.1, 0.15) is 12.5 Å². The largest absolute Gasteiger partial charge is 0.399 e. The van der Waals surface area contributed by atoms with Crippen LogP contribution in [0.5, 0.6) is 0 Å². The Morgan fingerprint density at radius 2 is 2.10 bits per heavy atom. The van der Waals surface area contributed by atoms with E-state index in [4.69, 9.17) is 5.73 Å². The summed E-state index contributed by atoms with van der Waals surface area (Å²) < 4.78 is 26.5. The van der Waals surface area contributed by atoms with Crippen LogP contribution in [0.4, 0.5) is 11.4 Å². The van der Waals surface area contributed by atoms with E-state index in [0.29, 0.717) is 11.4 Å². The molecule has 2 rings (SSSR count). The third kappa shape index (κ3) is 3.96. The third-order valence-electron chi connectivity index (χ3n) is 3.09. The first-order valence-corrected chi connectivity index (χ1v) is 8.95. The minimum atomic E-state index is -3.55. The van der Waals surface area contributed by atoms with Crippen molar-refractivity contribution in [2.45, 2.75) is 24.3 Å². The molecule has 0 saturated carbocycles. The van der Waals surface area contributed by atoms with E-state index in [2.05, 4.69) is 21.5 Å². The number of nitrogens with two attached hydrogens (primary N) is 1. The van der Waals surface area contributed by atoms with Crippen molar-refractivity contribution in [1.29, 1.82) is 0 Å². The van der Waals surface area contributed by atoms with E-state index in [1.54, 1.807) is 23.5 Å². The van der Waals surface area contributed by atoms with Gasteiger partial charge in [-0.25, -0.2) is 13.1 Å². The Kier molecular flexibility index (Phi) is 4.87. The van der Waals surface area contributed by atoms with Crippen LogP contribution in [0, 0.1) is 0 Å². The predicted octanol–water partition coefficient (Wildman–Crippen LogP) is 2.28. The fourth-order valence-electron chi connectivity index (χ4n) is 2.07. The van der Waals surface area contributed by atoms with Crippen molar-refractivity contribution < 1.29 is 8.42 Å². The van der Waals surface area contributed by atoms with Crippen LogP contribution in [0.15, 0.2) is 39.9 Å². The quantitative estimate of drug-likeness (QED) is 0.711. The van der Waals surface area contributed by atoms with Crippen LogP contribution in [0.25, 0.3) is 0 Å². The van der Waals surface area contributed by atoms with Crippen LogP contribution in [0.2, 0.25) is 0 Å². The van der Waals surface area contributed by atoms with Crippen molar-refractivity contribution in [3.63, 3.8) is 0 Å². The fourth-order valence-corrected chi connectivity index (χ4v) is 3.68. The average Bonchev–Trinajstić information content (AvgIpc) is 2.93. The van der Waals surface area contributed by atoms with Gasteiger partial charge in [-0.1, -0.05) is 0 Å². The van der Waals surface area contributed by atoms with E-state index in [9.17, 15) is 8.42 Å². The fraction of sp³-hybridized carbons (Fsp3) is 0.286.